The van der Waals surface area contributed by atoms with E-state index < -0.39 is 0 Å². The molecule has 4 rings (SSSR count). The molecule has 3 aromatic heterocycles. The van der Waals surface area contributed by atoms with Crippen LogP contribution in [0.15, 0.2) is 17.6 Å². The van der Waals surface area contributed by atoms with E-state index in [1.165, 1.54) is 24.2 Å². The molecule has 0 aliphatic heterocycles. The fourth-order valence-electron chi connectivity index (χ4n) is 2.36. The van der Waals surface area contributed by atoms with Crippen molar-refractivity contribution in [2.45, 2.75) is 19.3 Å². The molecule has 1 amide bonds. The monoisotopic (exact) mass is 335 g/mol. The summed E-state index contributed by atoms with van der Waals surface area (Å²) in [6, 6.07) is 1.92. The van der Waals surface area contributed by atoms with Crippen molar-refractivity contribution in [1.82, 2.24) is 14.7 Å². The Bertz CT molecular complexity index is 800. The first-order valence-corrected chi connectivity index (χ1v) is 9.22. The predicted molar refractivity (Wildman–Crippen MR) is 88.9 cm³/mol. The number of ether oxygens (including phenoxy) is 1. The molecule has 5 nitrogen and oxygen atoms in total. The molecule has 1 N–H and O–H groups in total. The third-order valence-corrected chi connectivity index (χ3v) is 5.54. The van der Waals surface area contributed by atoms with Crippen LogP contribution < -0.4 is 5.32 Å². The van der Waals surface area contributed by atoms with Gasteiger partial charge in [-0.2, -0.15) is 0 Å². The average Bonchev–Trinajstić information content (AvgIpc) is 2.92. The largest absolute Gasteiger partial charge is 0.381 e. The van der Waals surface area contributed by atoms with Gasteiger partial charge in [-0.3, -0.25) is 9.20 Å². The number of carbonyl (C=O) groups is 1. The van der Waals surface area contributed by atoms with Gasteiger partial charge in [0.1, 0.15) is 4.83 Å². The quantitative estimate of drug-likeness (QED) is 0.675. The molecule has 1 aliphatic rings. The molecule has 1 saturated carbocycles. The van der Waals surface area contributed by atoms with Gasteiger partial charge in [0.25, 0.3) is 5.91 Å². The normalized spacial score (nSPS) is 14.9. The maximum Gasteiger partial charge on any atom is 0.261 e. The van der Waals surface area contributed by atoms with Crippen LogP contribution in [0.25, 0.3) is 15.3 Å². The first kappa shape index (κ1) is 14.2. The lowest BCUT2D eigenvalue weighted by molar-refractivity contribution is 0.0941. The second kappa shape index (κ2) is 5.98. The van der Waals surface area contributed by atoms with Gasteiger partial charge in [0.15, 0.2) is 4.96 Å². The minimum atomic E-state index is -0.0193. The van der Waals surface area contributed by atoms with E-state index in [2.05, 4.69) is 10.3 Å². The second-order valence-electron chi connectivity index (χ2n) is 5.60. The topological polar surface area (TPSA) is 55.6 Å². The molecule has 7 heteroatoms. The zero-order valence-corrected chi connectivity index (χ0v) is 13.7. The number of nitrogens with zero attached hydrogens (tertiary/aromatic N) is 2. The summed E-state index contributed by atoms with van der Waals surface area (Å²) in [5.41, 5.74) is 1.01. The van der Waals surface area contributed by atoms with Crippen LogP contribution in [0.4, 0.5) is 0 Å². The van der Waals surface area contributed by atoms with Crippen molar-refractivity contribution in [3.05, 3.63) is 22.5 Å². The van der Waals surface area contributed by atoms with Gasteiger partial charge in [-0.15, -0.1) is 22.7 Å². The number of imidazole rings is 1. The first-order chi connectivity index (χ1) is 10.8. The van der Waals surface area contributed by atoms with Crippen molar-refractivity contribution in [2.24, 2.45) is 5.92 Å². The molecule has 0 spiro atoms. The average molecular weight is 335 g/mol. The van der Waals surface area contributed by atoms with Crippen LogP contribution in [0, 0.1) is 5.92 Å². The zero-order valence-electron chi connectivity index (χ0n) is 12.1. The van der Waals surface area contributed by atoms with Gasteiger partial charge >= 0.3 is 0 Å². The maximum atomic E-state index is 12.2. The minimum Gasteiger partial charge on any atom is -0.381 e. The SMILES string of the molecule is O=C(NCCCOCC1CC1)c1cc2c(nc3sccn32)s1. The Morgan fingerprint density at radius 2 is 2.41 bits per heavy atom. The highest BCUT2D eigenvalue weighted by atomic mass is 32.1. The van der Waals surface area contributed by atoms with Gasteiger partial charge in [-0.05, 0) is 31.2 Å². The third-order valence-electron chi connectivity index (χ3n) is 3.77. The van der Waals surface area contributed by atoms with E-state index in [1.807, 2.05) is 22.0 Å². The molecule has 0 atom stereocenters. The fraction of sp³-hybridized carbons (Fsp3) is 0.467. The van der Waals surface area contributed by atoms with Gasteiger partial charge in [-0.1, -0.05) is 0 Å². The van der Waals surface area contributed by atoms with E-state index >= 15 is 0 Å². The summed E-state index contributed by atoms with van der Waals surface area (Å²) in [6.45, 7) is 2.26. The number of carbonyl (C=O) groups excluding carboxylic acids is 1. The van der Waals surface area contributed by atoms with Gasteiger partial charge in [0.2, 0.25) is 0 Å². The molecular weight excluding hydrogens is 318 g/mol. The van der Waals surface area contributed by atoms with Gasteiger partial charge in [-0.25, -0.2) is 4.98 Å². The molecule has 3 aromatic rings. The van der Waals surface area contributed by atoms with Crippen LogP contribution in [-0.2, 0) is 4.74 Å². The van der Waals surface area contributed by atoms with Crippen molar-refractivity contribution in [2.75, 3.05) is 19.8 Å². The highest BCUT2D eigenvalue weighted by Crippen LogP contribution is 2.29. The lowest BCUT2D eigenvalue weighted by atomic mass is 10.4. The smallest absolute Gasteiger partial charge is 0.261 e. The van der Waals surface area contributed by atoms with Crippen LogP contribution in [0.2, 0.25) is 0 Å². The summed E-state index contributed by atoms with van der Waals surface area (Å²) < 4.78 is 7.59. The summed E-state index contributed by atoms with van der Waals surface area (Å²) in [4.78, 5) is 19.3. The minimum absolute atomic E-state index is 0.0193. The number of rotatable bonds is 7. The van der Waals surface area contributed by atoms with Crippen LogP contribution >= 0.6 is 22.7 Å². The Hall–Kier alpha value is -1.44. The Labute approximate surface area is 135 Å². The fourth-order valence-corrected chi connectivity index (χ4v) is 4.07. The Kier molecular flexibility index (Phi) is 3.85. The number of aromatic nitrogens is 2. The van der Waals surface area contributed by atoms with Crippen molar-refractivity contribution < 1.29 is 9.53 Å². The van der Waals surface area contributed by atoms with E-state index in [1.54, 1.807) is 11.3 Å². The molecule has 116 valence electrons. The lowest BCUT2D eigenvalue weighted by Crippen LogP contribution is -2.24. The Morgan fingerprint density at radius 1 is 1.50 bits per heavy atom. The summed E-state index contributed by atoms with van der Waals surface area (Å²) >= 11 is 3.05. The molecule has 0 aromatic carbocycles. The predicted octanol–water partition coefficient (Wildman–Crippen LogP) is 3.16. The van der Waals surface area contributed by atoms with E-state index in [4.69, 9.17) is 4.74 Å². The number of hydrogen-bond acceptors (Lipinski definition) is 5. The number of nitrogens with one attached hydrogen (secondary N) is 1. The van der Waals surface area contributed by atoms with E-state index in [9.17, 15) is 4.79 Å². The molecule has 0 unspecified atom stereocenters. The summed E-state index contributed by atoms with van der Waals surface area (Å²) in [5.74, 6) is 0.778. The highest BCUT2D eigenvalue weighted by molar-refractivity contribution is 7.21. The summed E-state index contributed by atoms with van der Waals surface area (Å²) in [5, 5.41) is 4.95. The number of hydrogen-bond donors (Lipinski definition) is 1. The maximum absolute atomic E-state index is 12.2. The van der Waals surface area contributed by atoms with E-state index in [0.29, 0.717) is 6.54 Å². The molecular formula is C15H17N3O2S2. The molecule has 22 heavy (non-hydrogen) atoms. The van der Waals surface area contributed by atoms with Crippen molar-refractivity contribution in [1.29, 1.82) is 0 Å². The van der Waals surface area contributed by atoms with Gasteiger partial charge < -0.3 is 10.1 Å². The van der Waals surface area contributed by atoms with Crippen LogP contribution in [0.5, 0.6) is 0 Å². The number of thiophene rings is 1. The summed E-state index contributed by atoms with van der Waals surface area (Å²) in [7, 11) is 0. The van der Waals surface area contributed by atoms with Crippen molar-refractivity contribution in [3.63, 3.8) is 0 Å². The van der Waals surface area contributed by atoms with Crippen LogP contribution in [-0.4, -0.2) is 35.1 Å². The summed E-state index contributed by atoms with van der Waals surface area (Å²) in [6.07, 6.45) is 5.47. The van der Waals surface area contributed by atoms with E-state index in [0.717, 1.165) is 45.7 Å². The lowest BCUT2D eigenvalue weighted by Gasteiger charge is -2.04. The second-order valence-corrected chi connectivity index (χ2v) is 7.50. The first-order valence-electron chi connectivity index (χ1n) is 7.52. The molecule has 1 aliphatic carbocycles. The molecule has 0 radical (unpaired) electrons. The van der Waals surface area contributed by atoms with E-state index in [-0.39, 0.29) is 5.91 Å². The molecule has 0 bridgehead atoms. The Morgan fingerprint density at radius 3 is 3.27 bits per heavy atom. The number of fused-ring (bicyclic) bond motifs is 3. The number of thiazole rings is 1. The van der Waals surface area contributed by atoms with Gasteiger partial charge in [0.05, 0.1) is 10.4 Å². The van der Waals surface area contributed by atoms with Crippen LogP contribution in [0.1, 0.15) is 28.9 Å². The zero-order chi connectivity index (χ0) is 14.9. The highest BCUT2D eigenvalue weighted by Gasteiger charge is 2.20. The Balaban J connectivity index is 1.30. The standard InChI is InChI=1S/C15H17N3O2S2/c19-13(16-4-1-6-20-9-10-2-3-10)12-8-11-14(22-12)17-15-18(11)5-7-21-15/h5,7-8,10H,1-4,6,9H2,(H,16,19). The van der Waals surface area contributed by atoms with Crippen LogP contribution in [0.3, 0.4) is 0 Å². The van der Waals surface area contributed by atoms with Crippen molar-refractivity contribution in [3.8, 4) is 0 Å². The molecule has 1 fully saturated rings. The van der Waals surface area contributed by atoms with Gasteiger partial charge in [0, 0.05) is 31.3 Å². The number of amides is 1. The third kappa shape index (κ3) is 2.88. The molecule has 3 heterocycles. The van der Waals surface area contributed by atoms with Crippen molar-refractivity contribution >= 4 is 43.9 Å². The molecule has 0 saturated heterocycles.